The van der Waals surface area contributed by atoms with Gasteiger partial charge in [-0.15, -0.1) is 0 Å². The number of imidazole rings is 1. The minimum absolute atomic E-state index is 0.297. The van der Waals surface area contributed by atoms with Crippen molar-refractivity contribution in [2.75, 3.05) is 19.9 Å². The third-order valence-corrected chi connectivity index (χ3v) is 5.33. The average Bonchev–Trinajstić information content (AvgIpc) is 3.45. The van der Waals surface area contributed by atoms with Gasteiger partial charge in [-0.2, -0.15) is 5.48 Å². The number of likely N-dealkylation sites (tertiary alicyclic amines) is 1. The normalized spacial score (nSPS) is 18.7. The Bertz CT molecular complexity index is 943. The Hall–Kier alpha value is -3.03. The van der Waals surface area contributed by atoms with Crippen LogP contribution in [0.25, 0.3) is 5.69 Å². The van der Waals surface area contributed by atoms with Crippen LogP contribution < -0.4 is 19.8 Å². The van der Waals surface area contributed by atoms with Gasteiger partial charge in [0.05, 0.1) is 12.4 Å². The molecule has 1 aromatic heterocycles. The van der Waals surface area contributed by atoms with Crippen molar-refractivity contribution in [2.45, 2.75) is 25.4 Å². The first kappa shape index (κ1) is 18.0. The van der Waals surface area contributed by atoms with E-state index in [2.05, 4.69) is 27.5 Å². The van der Waals surface area contributed by atoms with Crippen molar-refractivity contribution >= 4 is 0 Å². The fourth-order valence-electron chi connectivity index (χ4n) is 3.84. The molecule has 0 spiro atoms. The van der Waals surface area contributed by atoms with Gasteiger partial charge in [-0.1, -0.05) is 6.07 Å². The summed E-state index contributed by atoms with van der Waals surface area (Å²) in [4.78, 5) is 12.4. The van der Waals surface area contributed by atoms with Crippen LogP contribution in [0.2, 0.25) is 0 Å². The van der Waals surface area contributed by atoms with E-state index in [1.165, 1.54) is 5.56 Å². The maximum atomic E-state index is 5.84. The monoisotopic (exact) mass is 392 g/mol. The fraction of sp³-hybridized carbons (Fsp3) is 0.318. The molecule has 2 aliphatic heterocycles. The molecule has 0 aliphatic carbocycles. The lowest BCUT2D eigenvalue weighted by Crippen LogP contribution is -2.46. The Kier molecular flexibility index (Phi) is 5.06. The minimum atomic E-state index is 0.297. The van der Waals surface area contributed by atoms with Gasteiger partial charge in [0.1, 0.15) is 5.75 Å². The molecule has 29 heavy (non-hydrogen) atoms. The standard InChI is InChI=1S/C22H24N4O3/c1-2-18(24-29-20-6-4-19(5-7-20)26-11-9-23-15-26)14-25(10-1)13-17-3-8-21-22(12-17)28-16-27-21/h3-9,11-12,15,18,24H,1-2,10,13-14,16H2. The van der Waals surface area contributed by atoms with Gasteiger partial charge >= 0.3 is 0 Å². The molecule has 7 nitrogen and oxygen atoms in total. The largest absolute Gasteiger partial charge is 0.454 e. The number of rotatable bonds is 6. The first-order chi connectivity index (χ1) is 14.3. The Balaban J connectivity index is 1.14. The van der Waals surface area contributed by atoms with Crippen molar-refractivity contribution in [1.82, 2.24) is 19.9 Å². The lowest BCUT2D eigenvalue weighted by molar-refractivity contribution is 0.0913. The highest BCUT2D eigenvalue weighted by Crippen LogP contribution is 2.33. The Morgan fingerprint density at radius 3 is 2.86 bits per heavy atom. The molecule has 2 aliphatic rings. The van der Waals surface area contributed by atoms with E-state index >= 15 is 0 Å². The number of aromatic nitrogens is 2. The Labute approximate surface area is 169 Å². The highest BCUT2D eigenvalue weighted by atomic mass is 16.7. The van der Waals surface area contributed by atoms with Crippen LogP contribution in [0, 0.1) is 0 Å². The van der Waals surface area contributed by atoms with Crippen LogP contribution >= 0.6 is 0 Å². The van der Waals surface area contributed by atoms with Crippen molar-refractivity contribution in [2.24, 2.45) is 0 Å². The molecule has 0 radical (unpaired) electrons. The second kappa shape index (κ2) is 8.14. The van der Waals surface area contributed by atoms with Crippen molar-refractivity contribution in [3.05, 3.63) is 66.7 Å². The third kappa shape index (κ3) is 4.21. The number of hydrogen-bond acceptors (Lipinski definition) is 6. The summed E-state index contributed by atoms with van der Waals surface area (Å²) in [5, 5.41) is 0. The molecule has 1 fully saturated rings. The minimum Gasteiger partial charge on any atom is -0.454 e. The van der Waals surface area contributed by atoms with Crippen LogP contribution in [0.5, 0.6) is 17.2 Å². The van der Waals surface area contributed by atoms with Crippen LogP contribution in [0.3, 0.4) is 0 Å². The lowest BCUT2D eigenvalue weighted by atomic mass is 10.1. The van der Waals surface area contributed by atoms with E-state index in [0.29, 0.717) is 12.8 Å². The van der Waals surface area contributed by atoms with Crippen LogP contribution in [0.1, 0.15) is 18.4 Å². The predicted molar refractivity (Wildman–Crippen MR) is 108 cm³/mol. The average molecular weight is 392 g/mol. The number of nitrogens with zero attached hydrogens (tertiary/aromatic N) is 3. The van der Waals surface area contributed by atoms with Crippen LogP contribution in [0.15, 0.2) is 61.2 Å². The predicted octanol–water partition coefficient (Wildman–Crippen LogP) is 3.15. The van der Waals surface area contributed by atoms with Crippen LogP contribution in [-0.4, -0.2) is 40.4 Å². The highest BCUT2D eigenvalue weighted by Gasteiger charge is 2.21. The van der Waals surface area contributed by atoms with Gasteiger partial charge in [-0.25, -0.2) is 4.98 Å². The van der Waals surface area contributed by atoms with Gasteiger partial charge in [-0.05, 0) is 61.3 Å². The summed E-state index contributed by atoms with van der Waals surface area (Å²) in [6.07, 6.45) is 7.72. The van der Waals surface area contributed by atoms with Gasteiger partial charge < -0.3 is 18.9 Å². The number of nitrogens with one attached hydrogen (secondary N) is 1. The summed E-state index contributed by atoms with van der Waals surface area (Å²) in [6.45, 7) is 3.25. The van der Waals surface area contributed by atoms with Crippen LogP contribution in [-0.2, 0) is 6.54 Å². The number of hydroxylamine groups is 1. The zero-order chi connectivity index (χ0) is 19.5. The molecule has 1 unspecified atom stereocenters. The summed E-state index contributed by atoms with van der Waals surface area (Å²) in [5.74, 6) is 2.48. The van der Waals surface area contributed by atoms with Gasteiger partial charge in [0.2, 0.25) is 6.79 Å². The van der Waals surface area contributed by atoms with Gasteiger partial charge in [0.15, 0.2) is 11.5 Å². The van der Waals surface area contributed by atoms with E-state index in [0.717, 1.165) is 55.4 Å². The highest BCUT2D eigenvalue weighted by molar-refractivity contribution is 5.44. The summed E-state index contributed by atoms with van der Waals surface area (Å²) >= 11 is 0. The number of fused-ring (bicyclic) bond motifs is 1. The number of piperidine rings is 1. The van der Waals surface area contributed by atoms with Gasteiger partial charge in [0, 0.05) is 31.2 Å². The van der Waals surface area contributed by atoms with E-state index in [1.54, 1.807) is 12.5 Å². The van der Waals surface area contributed by atoms with Crippen LogP contribution in [0.4, 0.5) is 0 Å². The second-order valence-corrected chi connectivity index (χ2v) is 7.45. The van der Waals surface area contributed by atoms with E-state index in [1.807, 2.05) is 41.1 Å². The summed E-state index contributed by atoms with van der Waals surface area (Å²) in [5.41, 5.74) is 5.54. The SMILES string of the molecule is c1cn(-c2ccc(ONC3CCCN(Cc4ccc5c(c4)OCO5)C3)cc2)cn1. The number of benzene rings is 2. The maximum absolute atomic E-state index is 5.84. The lowest BCUT2D eigenvalue weighted by Gasteiger charge is -2.32. The van der Waals surface area contributed by atoms with Gasteiger partial charge in [-0.3, -0.25) is 4.90 Å². The zero-order valence-corrected chi connectivity index (χ0v) is 16.2. The molecule has 2 aromatic carbocycles. The molecule has 3 heterocycles. The van der Waals surface area contributed by atoms with Gasteiger partial charge in [0.25, 0.3) is 0 Å². The summed E-state index contributed by atoms with van der Waals surface area (Å²) in [6, 6.07) is 14.5. The molecule has 0 saturated carbocycles. The Morgan fingerprint density at radius 1 is 1.10 bits per heavy atom. The molecule has 5 rings (SSSR count). The summed E-state index contributed by atoms with van der Waals surface area (Å²) in [7, 11) is 0. The van der Waals surface area contributed by atoms with E-state index in [9.17, 15) is 0 Å². The molecule has 0 bridgehead atoms. The molecule has 150 valence electrons. The zero-order valence-electron chi connectivity index (χ0n) is 16.2. The molecule has 1 saturated heterocycles. The second-order valence-electron chi connectivity index (χ2n) is 7.45. The van der Waals surface area contributed by atoms with Crippen molar-refractivity contribution < 1.29 is 14.3 Å². The quantitative estimate of drug-likeness (QED) is 0.651. The third-order valence-electron chi connectivity index (χ3n) is 5.33. The number of ether oxygens (including phenoxy) is 2. The number of hydrogen-bond donors (Lipinski definition) is 1. The molecule has 0 amide bonds. The summed E-state index contributed by atoms with van der Waals surface area (Å²) < 4.78 is 12.9. The first-order valence-electron chi connectivity index (χ1n) is 9.95. The smallest absolute Gasteiger partial charge is 0.231 e. The fourth-order valence-corrected chi connectivity index (χ4v) is 3.84. The molecule has 1 N–H and O–H groups in total. The molecular formula is C22H24N4O3. The van der Waals surface area contributed by atoms with E-state index < -0.39 is 0 Å². The Morgan fingerprint density at radius 2 is 2.00 bits per heavy atom. The molecular weight excluding hydrogens is 368 g/mol. The van der Waals surface area contributed by atoms with Crippen molar-refractivity contribution in [3.8, 4) is 22.9 Å². The van der Waals surface area contributed by atoms with Crippen molar-refractivity contribution in [1.29, 1.82) is 0 Å². The molecule has 3 aromatic rings. The molecule has 1 atom stereocenters. The first-order valence-corrected chi connectivity index (χ1v) is 9.95. The molecule has 7 heteroatoms. The topological polar surface area (TPSA) is 60.8 Å². The van der Waals surface area contributed by atoms with E-state index in [4.69, 9.17) is 14.3 Å². The maximum Gasteiger partial charge on any atom is 0.231 e. The van der Waals surface area contributed by atoms with E-state index in [-0.39, 0.29) is 0 Å². The van der Waals surface area contributed by atoms with Crippen molar-refractivity contribution in [3.63, 3.8) is 0 Å².